The summed E-state index contributed by atoms with van der Waals surface area (Å²) in [7, 11) is -3.56. The lowest BCUT2D eigenvalue weighted by Gasteiger charge is -2.09. The number of pyridine rings is 1. The number of ketones is 1. The van der Waals surface area contributed by atoms with Gasteiger partial charge in [-0.2, -0.15) is 0 Å². The Labute approximate surface area is 175 Å². The van der Waals surface area contributed by atoms with Gasteiger partial charge in [0.1, 0.15) is 0 Å². The molecule has 0 atom stereocenters. The molecule has 0 saturated carbocycles. The molecule has 2 amide bonds. The SMILES string of the molecule is CC(=O)c1ccc(CS(=O)(=O)c2ccc(NC(=O)NCc3cccnc3)cc2)cc1. The second-order valence-electron chi connectivity index (χ2n) is 6.71. The number of nitrogens with zero attached hydrogens (tertiary/aromatic N) is 1. The van der Waals surface area contributed by atoms with Crippen LogP contribution < -0.4 is 10.6 Å². The maximum absolute atomic E-state index is 12.6. The van der Waals surface area contributed by atoms with E-state index in [4.69, 9.17) is 0 Å². The van der Waals surface area contributed by atoms with Crippen LogP contribution >= 0.6 is 0 Å². The van der Waals surface area contributed by atoms with E-state index in [0.717, 1.165) is 5.56 Å². The molecule has 0 spiro atoms. The lowest BCUT2D eigenvalue weighted by molar-refractivity contribution is 0.101. The van der Waals surface area contributed by atoms with Crippen LogP contribution in [0.25, 0.3) is 0 Å². The van der Waals surface area contributed by atoms with Gasteiger partial charge in [0.25, 0.3) is 0 Å². The Morgan fingerprint density at radius 2 is 1.63 bits per heavy atom. The van der Waals surface area contributed by atoms with Crippen LogP contribution in [0.4, 0.5) is 10.5 Å². The highest BCUT2D eigenvalue weighted by Gasteiger charge is 2.16. The second-order valence-corrected chi connectivity index (χ2v) is 8.70. The van der Waals surface area contributed by atoms with Crippen molar-refractivity contribution in [1.82, 2.24) is 10.3 Å². The first-order chi connectivity index (χ1) is 14.3. The van der Waals surface area contributed by atoms with E-state index in [-0.39, 0.29) is 16.4 Å². The molecule has 7 nitrogen and oxygen atoms in total. The largest absolute Gasteiger partial charge is 0.334 e. The fourth-order valence-corrected chi connectivity index (χ4v) is 4.09. The van der Waals surface area contributed by atoms with Crippen LogP contribution in [0, 0.1) is 0 Å². The first kappa shape index (κ1) is 21.2. The van der Waals surface area contributed by atoms with Crippen LogP contribution in [0.3, 0.4) is 0 Å². The molecule has 2 aromatic carbocycles. The minimum Gasteiger partial charge on any atom is -0.334 e. The zero-order valence-electron chi connectivity index (χ0n) is 16.3. The maximum atomic E-state index is 12.6. The number of hydrogen-bond donors (Lipinski definition) is 2. The molecule has 0 aliphatic rings. The Balaban J connectivity index is 1.59. The molecule has 0 radical (unpaired) electrons. The third-order valence-corrected chi connectivity index (χ3v) is 6.07. The number of anilines is 1. The van der Waals surface area contributed by atoms with E-state index < -0.39 is 15.9 Å². The molecule has 0 unspecified atom stereocenters. The summed E-state index contributed by atoms with van der Waals surface area (Å²) in [6.07, 6.45) is 3.31. The van der Waals surface area contributed by atoms with E-state index in [9.17, 15) is 18.0 Å². The lowest BCUT2D eigenvalue weighted by atomic mass is 10.1. The van der Waals surface area contributed by atoms with Crippen molar-refractivity contribution in [2.24, 2.45) is 0 Å². The molecular weight excluding hydrogens is 402 g/mol. The molecule has 8 heteroatoms. The Bertz CT molecular complexity index is 1130. The number of urea groups is 1. The molecule has 30 heavy (non-hydrogen) atoms. The van der Waals surface area contributed by atoms with Gasteiger partial charge in [0.15, 0.2) is 15.6 Å². The highest BCUT2D eigenvalue weighted by Crippen LogP contribution is 2.19. The Hall–Kier alpha value is -3.52. The maximum Gasteiger partial charge on any atom is 0.319 e. The third kappa shape index (κ3) is 5.74. The number of rotatable bonds is 7. The monoisotopic (exact) mass is 423 g/mol. The first-order valence-electron chi connectivity index (χ1n) is 9.20. The minimum atomic E-state index is -3.56. The minimum absolute atomic E-state index is 0.0723. The van der Waals surface area contributed by atoms with Crippen LogP contribution in [-0.2, 0) is 22.1 Å². The molecule has 3 rings (SSSR count). The Morgan fingerprint density at radius 1 is 0.933 bits per heavy atom. The summed E-state index contributed by atoms with van der Waals surface area (Å²) in [5, 5.41) is 5.37. The number of carbonyl (C=O) groups excluding carboxylic acids is 2. The molecule has 3 aromatic rings. The molecule has 0 bridgehead atoms. The Morgan fingerprint density at radius 3 is 2.23 bits per heavy atom. The van der Waals surface area contributed by atoms with Gasteiger partial charge in [0, 0.05) is 30.2 Å². The average Bonchev–Trinajstić information content (AvgIpc) is 2.73. The van der Waals surface area contributed by atoms with Crippen LogP contribution in [0.15, 0.2) is 78.0 Å². The number of aromatic nitrogens is 1. The summed E-state index contributed by atoms with van der Waals surface area (Å²) >= 11 is 0. The summed E-state index contributed by atoms with van der Waals surface area (Å²) < 4.78 is 25.3. The number of hydrogen-bond acceptors (Lipinski definition) is 5. The number of benzene rings is 2. The van der Waals surface area contributed by atoms with Gasteiger partial charge in [-0.15, -0.1) is 0 Å². The average molecular weight is 423 g/mol. The molecule has 2 N–H and O–H groups in total. The summed E-state index contributed by atoms with van der Waals surface area (Å²) in [6, 6.07) is 15.7. The molecule has 1 aromatic heterocycles. The quantitative estimate of drug-likeness (QED) is 0.565. The van der Waals surface area contributed by atoms with E-state index in [2.05, 4.69) is 15.6 Å². The lowest BCUT2D eigenvalue weighted by Crippen LogP contribution is -2.28. The molecule has 0 saturated heterocycles. The number of nitrogens with one attached hydrogen (secondary N) is 2. The third-order valence-electron chi connectivity index (χ3n) is 4.36. The van der Waals surface area contributed by atoms with Crippen molar-refractivity contribution in [3.63, 3.8) is 0 Å². The van der Waals surface area contributed by atoms with Gasteiger partial charge in [-0.1, -0.05) is 30.3 Å². The smallest absolute Gasteiger partial charge is 0.319 e. The van der Waals surface area contributed by atoms with Gasteiger partial charge in [-0.05, 0) is 48.4 Å². The molecule has 0 aliphatic heterocycles. The van der Waals surface area contributed by atoms with E-state index >= 15 is 0 Å². The summed E-state index contributed by atoms with van der Waals surface area (Å²) in [5.41, 5.74) is 2.47. The molecule has 1 heterocycles. The molecule has 0 aliphatic carbocycles. The summed E-state index contributed by atoms with van der Waals surface area (Å²) in [5.74, 6) is -0.249. The van der Waals surface area contributed by atoms with Crippen molar-refractivity contribution in [3.05, 3.63) is 89.7 Å². The van der Waals surface area contributed by atoms with E-state index in [0.29, 0.717) is 23.4 Å². The highest BCUT2D eigenvalue weighted by atomic mass is 32.2. The number of sulfone groups is 1. The normalized spacial score (nSPS) is 11.0. The fraction of sp³-hybridized carbons (Fsp3) is 0.136. The van der Waals surface area contributed by atoms with Crippen molar-refractivity contribution in [2.75, 3.05) is 5.32 Å². The van der Waals surface area contributed by atoms with Crippen molar-refractivity contribution >= 4 is 27.3 Å². The fourth-order valence-electron chi connectivity index (χ4n) is 2.74. The standard InChI is InChI=1S/C22H21N3O4S/c1-16(26)19-6-4-17(5-7-19)15-30(28,29)21-10-8-20(9-11-21)25-22(27)24-14-18-3-2-12-23-13-18/h2-13H,14-15H2,1H3,(H2,24,25,27). The highest BCUT2D eigenvalue weighted by molar-refractivity contribution is 7.90. The molecule has 0 fully saturated rings. The van der Waals surface area contributed by atoms with Gasteiger partial charge >= 0.3 is 6.03 Å². The number of carbonyl (C=O) groups is 2. The predicted molar refractivity (Wildman–Crippen MR) is 114 cm³/mol. The van der Waals surface area contributed by atoms with Crippen molar-refractivity contribution in [1.29, 1.82) is 0 Å². The van der Waals surface area contributed by atoms with Gasteiger partial charge in [0.2, 0.25) is 0 Å². The van der Waals surface area contributed by atoms with Crippen LogP contribution in [0.5, 0.6) is 0 Å². The number of amides is 2. The zero-order chi connectivity index (χ0) is 21.6. The predicted octanol–water partition coefficient (Wildman–Crippen LogP) is 3.58. The van der Waals surface area contributed by atoms with Crippen molar-refractivity contribution < 1.29 is 18.0 Å². The van der Waals surface area contributed by atoms with E-state index in [1.165, 1.54) is 31.2 Å². The van der Waals surface area contributed by atoms with Crippen molar-refractivity contribution in [3.8, 4) is 0 Å². The van der Waals surface area contributed by atoms with E-state index in [1.807, 2.05) is 6.07 Å². The number of Topliss-reactive ketones (excluding diaryl/α,β-unsaturated/α-hetero) is 1. The summed E-state index contributed by atoms with van der Waals surface area (Å²) in [4.78, 5) is 27.5. The molecule has 154 valence electrons. The topological polar surface area (TPSA) is 105 Å². The van der Waals surface area contributed by atoms with Crippen LogP contribution in [0.2, 0.25) is 0 Å². The van der Waals surface area contributed by atoms with Gasteiger partial charge < -0.3 is 10.6 Å². The van der Waals surface area contributed by atoms with Crippen LogP contribution in [0.1, 0.15) is 28.4 Å². The van der Waals surface area contributed by atoms with Crippen LogP contribution in [-0.4, -0.2) is 25.2 Å². The summed E-state index contributed by atoms with van der Waals surface area (Å²) in [6.45, 7) is 1.79. The van der Waals surface area contributed by atoms with E-state index in [1.54, 1.807) is 42.7 Å². The van der Waals surface area contributed by atoms with Gasteiger partial charge in [0.05, 0.1) is 10.6 Å². The first-order valence-corrected chi connectivity index (χ1v) is 10.9. The van der Waals surface area contributed by atoms with Crippen molar-refractivity contribution in [2.45, 2.75) is 24.1 Å². The molecular formula is C22H21N3O4S. The van der Waals surface area contributed by atoms with Gasteiger partial charge in [-0.3, -0.25) is 9.78 Å². The zero-order valence-corrected chi connectivity index (χ0v) is 17.1. The second kappa shape index (κ2) is 9.32. The van der Waals surface area contributed by atoms with Gasteiger partial charge in [-0.25, -0.2) is 13.2 Å². The Kier molecular flexibility index (Phi) is 6.58.